The van der Waals surface area contributed by atoms with E-state index in [1.807, 2.05) is 0 Å². The van der Waals surface area contributed by atoms with Gasteiger partial charge in [-0.1, -0.05) is 53.4 Å². The van der Waals surface area contributed by atoms with Gasteiger partial charge in [-0.15, -0.1) is 0 Å². The minimum absolute atomic E-state index is 0.0410. The lowest BCUT2D eigenvalue weighted by Crippen LogP contribution is -2.28. The van der Waals surface area contributed by atoms with Crippen LogP contribution in [0.4, 0.5) is 0 Å². The van der Waals surface area contributed by atoms with Gasteiger partial charge in [0, 0.05) is 18.2 Å². The van der Waals surface area contributed by atoms with Crippen LogP contribution in [0.5, 0.6) is 17.2 Å². The second kappa shape index (κ2) is 8.13. The summed E-state index contributed by atoms with van der Waals surface area (Å²) in [5.74, 6) is 2.39. The maximum absolute atomic E-state index is 9.59. The quantitative estimate of drug-likeness (QED) is 0.740. The molecule has 2 atom stereocenters. The second-order valence-corrected chi connectivity index (χ2v) is 8.56. The summed E-state index contributed by atoms with van der Waals surface area (Å²) in [5.41, 5.74) is 0.474. The molecular formula is C21H34O3. The molecule has 3 heteroatoms. The summed E-state index contributed by atoms with van der Waals surface area (Å²) in [6.07, 6.45) is 7.66. The molecule has 1 saturated carbocycles. The average Bonchev–Trinajstić information content (AvgIpc) is 2.45. The Morgan fingerprint density at radius 2 is 1.46 bits per heavy atom. The van der Waals surface area contributed by atoms with Gasteiger partial charge >= 0.3 is 0 Å². The first-order valence-electron chi connectivity index (χ1n) is 9.43. The second-order valence-electron chi connectivity index (χ2n) is 8.56. The van der Waals surface area contributed by atoms with Crippen LogP contribution in [0.3, 0.4) is 0 Å². The van der Waals surface area contributed by atoms with Crippen LogP contribution in [-0.2, 0) is 0 Å². The summed E-state index contributed by atoms with van der Waals surface area (Å²) >= 11 is 0. The lowest BCUT2D eigenvalue weighted by molar-refractivity contribution is 0.123. The molecule has 2 rings (SSSR count). The smallest absolute Gasteiger partial charge is 0.126 e. The van der Waals surface area contributed by atoms with E-state index in [4.69, 9.17) is 4.74 Å². The van der Waals surface area contributed by atoms with Gasteiger partial charge in [-0.05, 0) is 36.0 Å². The minimum atomic E-state index is 0.0410. The Morgan fingerprint density at radius 1 is 0.958 bits per heavy atom. The highest BCUT2D eigenvalue weighted by molar-refractivity contribution is 5.40. The zero-order valence-electron chi connectivity index (χ0n) is 15.7. The van der Waals surface area contributed by atoms with Gasteiger partial charge in [0.2, 0.25) is 0 Å². The van der Waals surface area contributed by atoms with Crippen molar-refractivity contribution in [3.8, 4) is 17.2 Å². The zero-order valence-corrected chi connectivity index (χ0v) is 15.7. The van der Waals surface area contributed by atoms with Crippen molar-refractivity contribution in [2.45, 2.75) is 66.2 Å². The average molecular weight is 334 g/mol. The number of benzene rings is 1. The van der Waals surface area contributed by atoms with E-state index in [9.17, 15) is 10.2 Å². The van der Waals surface area contributed by atoms with Crippen molar-refractivity contribution < 1.29 is 14.9 Å². The number of hydrogen-bond donors (Lipinski definition) is 2. The highest BCUT2D eigenvalue weighted by Crippen LogP contribution is 2.37. The Balaban J connectivity index is 2.00. The van der Waals surface area contributed by atoms with E-state index < -0.39 is 0 Å². The SMILES string of the molecule is CC1CCCC(C)(C)CCCC(C)C1COc1cc(O)cc(O)c1. The van der Waals surface area contributed by atoms with Crippen molar-refractivity contribution in [2.75, 3.05) is 6.61 Å². The fraction of sp³-hybridized carbons (Fsp3) is 0.714. The van der Waals surface area contributed by atoms with Crippen molar-refractivity contribution in [3.05, 3.63) is 18.2 Å². The standard InChI is InChI=1S/C21H34O3/c1-15-7-5-9-21(3,4)10-6-8-16(2)20(15)14-24-19-12-17(22)11-18(23)13-19/h11-13,15-16,20,22-23H,5-10,14H2,1-4H3. The van der Waals surface area contributed by atoms with Gasteiger partial charge in [0.15, 0.2) is 0 Å². The van der Waals surface area contributed by atoms with Crippen LogP contribution in [-0.4, -0.2) is 16.8 Å². The minimum Gasteiger partial charge on any atom is -0.508 e. The fourth-order valence-electron chi connectivity index (χ4n) is 4.09. The fourth-order valence-corrected chi connectivity index (χ4v) is 4.09. The molecule has 2 unspecified atom stereocenters. The molecule has 24 heavy (non-hydrogen) atoms. The molecule has 136 valence electrons. The Bertz CT molecular complexity index is 486. The van der Waals surface area contributed by atoms with Crippen molar-refractivity contribution in [1.82, 2.24) is 0 Å². The predicted octanol–water partition coefficient (Wildman–Crippen LogP) is 5.75. The number of rotatable bonds is 3. The summed E-state index contributed by atoms with van der Waals surface area (Å²) in [6.45, 7) is 10.1. The summed E-state index contributed by atoms with van der Waals surface area (Å²) in [4.78, 5) is 0. The normalized spacial score (nSPS) is 28.2. The molecule has 1 aliphatic rings. The number of phenolic OH excluding ortho intramolecular Hbond substituents is 2. The van der Waals surface area contributed by atoms with Crippen molar-refractivity contribution in [1.29, 1.82) is 0 Å². The van der Waals surface area contributed by atoms with E-state index >= 15 is 0 Å². The van der Waals surface area contributed by atoms with Crippen LogP contribution in [0.15, 0.2) is 18.2 Å². The van der Waals surface area contributed by atoms with E-state index in [-0.39, 0.29) is 11.5 Å². The van der Waals surface area contributed by atoms with Crippen molar-refractivity contribution in [2.24, 2.45) is 23.2 Å². The summed E-state index contributed by atoms with van der Waals surface area (Å²) in [7, 11) is 0. The van der Waals surface area contributed by atoms with E-state index in [2.05, 4.69) is 27.7 Å². The lowest BCUT2D eigenvalue weighted by atomic mass is 9.73. The Kier molecular flexibility index (Phi) is 6.42. The third kappa shape index (κ3) is 5.61. The van der Waals surface area contributed by atoms with Gasteiger partial charge in [0.25, 0.3) is 0 Å². The summed E-state index contributed by atoms with van der Waals surface area (Å²) < 4.78 is 5.94. The molecule has 0 amide bonds. The summed E-state index contributed by atoms with van der Waals surface area (Å²) in [6, 6.07) is 4.46. The highest BCUT2D eigenvalue weighted by Gasteiger charge is 2.27. The zero-order chi connectivity index (χ0) is 17.7. The maximum atomic E-state index is 9.59. The van der Waals surface area contributed by atoms with Crippen LogP contribution in [0.1, 0.15) is 66.2 Å². The van der Waals surface area contributed by atoms with Gasteiger partial charge in [-0.2, -0.15) is 0 Å². The monoisotopic (exact) mass is 334 g/mol. The topological polar surface area (TPSA) is 49.7 Å². The molecule has 1 aromatic rings. The molecule has 0 heterocycles. The third-order valence-electron chi connectivity index (χ3n) is 5.81. The highest BCUT2D eigenvalue weighted by atomic mass is 16.5. The molecule has 0 saturated heterocycles. The van der Waals surface area contributed by atoms with Gasteiger partial charge in [-0.3, -0.25) is 0 Å². The number of phenols is 2. The van der Waals surface area contributed by atoms with Crippen LogP contribution in [0.25, 0.3) is 0 Å². The van der Waals surface area contributed by atoms with Gasteiger partial charge in [0.05, 0.1) is 6.61 Å². The molecular weight excluding hydrogens is 300 g/mol. The largest absolute Gasteiger partial charge is 0.508 e. The Hall–Kier alpha value is -1.38. The van der Waals surface area contributed by atoms with Crippen LogP contribution in [0, 0.1) is 23.2 Å². The van der Waals surface area contributed by atoms with E-state index in [1.165, 1.54) is 44.6 Å². The molecule has 0 bridgehead atoms. The maximum Gasteiger partial charge on any atom is 0.126 e. The number of hydrogen-bond acceptors (Lipinski definition) is 3. The van der Waals surface area contributed by atoms with Gasteiger partial charge in [-0.25, -0.2) is 0 Å². The Labute approximate surface area is 147 Å². The number of aromatic hydroxyl groups is 2. The van der Waals surface area contributed by atoms with Crippen LogP contribution in [0.2, 0.25) is 0 Å². The molecule has 0 spiro atoms. The van der Waals surface area contributed by atoms with E-state index in [0.717, 1.165) is 0 Å². The third-order valence-corrected chi connectivity index (χ3v) is 5.81. The van der Waals surface area contributed by atoms with Gasteiger partial charge in [0.1, 0.15) is 17.2 Å². The molecule has 1 fully saturated rings. The predicted molar refractivity (Wildman–Crippen MR) is 98.6 cm³/mol. The van der Waals surface area contributed by atoms with E-state index in [1.54, 1.807) is 12.1 Å². The first-order chi connectivity index (χ1) is 11.3. The Morgan fingerprint density at radius 3 is 1.96 bits per heavy atom. The molecule has 0 aromatic heterocycles. The van der Waals surface area contributed by atoms with Crippen molar-refractivity contribution >= 4 is 0 Å². The van der Waals surface area contributed by atoms with Crippen LogP contribution < -0.4 is 4.74 Å². The molecule has 0 aliphatic heterocycles. The molecule has 1 aromatic carbocycles. The summed E-state index contributed by atoms with van der Waals surface area (Å²) in [5, 5.41) is 19.2. The molecule has 3 nitrogen and oxygen atoms in total. The first-order valence-corrected chi connectivity index (χ1v) is 9.43. The molecule has 0 radical (unpaired) electrons. The molecule has 2 N–H and O–H groups in total. The lowest BCUT2D eigenvalue weighted by Gasteiger charge is -2.34. The molecule has 1 aliphatic carbocycles. The van der Waals surface area contributed by atoms with Gasteiger partial charge < -0.3 is 14.9 Å². The van der Waals surface area contributed by atoms with E-state index in [0.29, 0.717) is 35.5 Å². The number of ether oxygens (including phenoxy) is 1. The first kappa shape index (κ1) is 19.0. The van der Waals surface area contributed by atoms with Crippen molar-refractivity contribution in [3.63, 3.8) is 0 Å². The van der Waals surface area contributed by atoms with Crippen LogP contribution >= 0.6 is 0 Å².